The van der Waals surface area contributed by atoms with Crippen LogP contribution in [-0.4, -0.2) is 33.0 Å². The summed E-state index contributed by atoms with van der Waals surface area (Å²) in [6.45, 7) is 3.25. The molecule has 2 heterocycles. The fourth-order valence-electron chi connectivity index (χ4n) is 2.44. The normalized spacial score (nSPS) is 10.3. The highest BCUT2D eigenvalue weighted by Crippen LogP contribution is 2.27. The van der Waals surface area contributed by atoms with Gasteiger partial charge in [-0.1, -0.05) is 6.07 Å². The summed E-state index contributed by atoms with van der Waals surface area (Å²) in [6.07, 6.45) is 7.44. The summed E-state index contributed by atoms with van der Waals surface area (Å²) >= 11 is 0. The van der Waals surface area contributed by atoms with Gasteiger partial charge in [-0.3, -0.25) is 4.68 Å². The van der Waals surface area contributed by atoms with Crippen molar-refractivity contribution >= 4 is 12.4 Å². The molecule has 0 saturated carbocycles. The average molecular weight is 349 g/mol. The van der Waals surface area contributed by atoms with Crippen LogP contribution < -0.4 is 9.47 Å². The van der Waals surface area contributed by atoms with Crippen LogP contribution in [0.5, 0.6) is 11.5 Å². The molecule has 0 radical (unpaired) electrons. The summed E-state index contributed by atoms with van der Waals surface area (Å²) < 4.78 is 15.0. The third-order valence-electron chi connectivity index (χ3n) is 3.62. The standard InChI is InChI=1S/C17H20N4O2.ClH/c1-13-4-5-16(17(8-13)22-3)23-7-6-21-12-18-10-15(21)14-9-19-20(2)11-14;/h4-5,8-12H,6-7H2,1-3H3;1H. The minimum Gasteiger partial charge on any atom is -0.493 e. The lowest BCUT2D eigenvalue weighted by molar-refractivity contribution is 0.280. The van der Waals surface area contributed by atoms with Crippen molar-refractivity contribution in [2.24, 2.45) is 7.05 Å². The van der Waals surface area contributed by atoms with Gasteiger partial charge in [0.1, 0.15) is 6.61 Å². The highest BCUT2D eigenvalue weighted by atomic mass is 35.5. The van der Waals surface area contributed by atoms with Crippen LogP contribution in [0.3, 0.4) is 0 Å². The van der Waals surface area contributed by atoms with E-state index in [2.05, 4.69) is 14.6 Å². The van der Waals surface area contributed by atoms with Gasteiger partial charge >= 0.3 is 0 Å². The van der Waals surface area contributed by atoms with E-state index in [0.29, 0.717) is 13.2 Å². The van der Waals surface area contributed by atoms with Crippen LogP contribution in [-0.2, 0) is 13.6 Å². The van der Waals surface area contributed by atoms with Crippen molar-refractivity contribution < 1.29 is 9.47 Å². The van der Waals surface area contributed by atoms with Crippen molar-refractivity contribution in [1.29, 1.82) is 0 Å². The molecule has 0 spiro atoms. The molecule has 7 heteroatoms. The molecule has 0 unspecified atom stereocenters. The molecule has 24 heavy (non-hydrogen) atoms. The minimum atomic E-state index is 0. The largest absolute Gasteiger partial charge is 0.493 e. The van der Waals surface area contributed by atoms with Crippen LogP contribution in [0.25, 0.3) is 11.3 Å². The van der Waals surface area contributed by atoms with E-state index < -0.39 is 0 Å². The minimum absolute atomic E-state index is 0. The first kappa shape index (κ1) is 17.9. The quantitative estimate of drug-likeness (QED) is 0.687. The van der Waals surface area contributed by atoms with Crippen LogP contribution in [0, 0.1) is 6.92 Å². The molecule has 2 aromatic heterocycles. The van der Waals surface area contributed by atoms with Crippen LogP contribution in [0.1, 0.15) is 5.56 Å². The number of halogens is 1. The number of hydrogen-bond acceptors (Lipinski definition) is 4. The first-order chi connectivity index (χ1) is 11.2. The number of rotatable bonds is 6. The average Bonchev–Trinajstić information content (AvgIpc) is 3.17. The first-order valence-electron chi connectivity index (χ1n) is 7.44. The molecule has 3 rings (SSSR count). The second-order valence-corrected chi connectivity index (χ2v) is 5.38. The Kier molecular flexibility index (Phi) is 5.87. The number of aryl methyl sites for hydroxylation is 2. The maximum Gasteiger partial charge on any atom is 0.161 e. The fraction of sp³-hybridized carbons (Fsp3) is 0.294. The molecular formula is C17H21ClN4O2. The van der Waals surface area contributed by atoms with Crippen molar-refractivity contribution in [3.63, 3.8) is 0 Å². The predicted molar refractivity (Wildman–Crippen MR) is 94.9 cm³/mol. The molecular weight excluding hydrogens is 328 g/mol. The van der Waals surface area contributed by atoms with Crippen molar-refractivity contribution in [3.8, 4) is 22.8 Å². The molecule has 0 N–H and O–H groups in total. The Morgan fingerprint density at radius 2 is 2.00 bits per heavy atom. The molecule has 0 amide bonds. The summed E-state index contributed by atoms with van der Waals surface area (Å²) in [5.41, 5.74) is 3.21. The van der Waals surface area contributed by atoms with Crippen LogP contribution in [0.4, 0.5) is 0 Å². The predicted octanol–water partition coefficient (Wildman–Crippen LogP) is 3.10. The molecule has 3 aromatic rings. The molecule has 0 aliphatic carbocycles. The van der Waals surface area contributed by atoms with Gasteiger partial charge < -0.3 is 14.0 Å². The van der Waals surface area contributed by atoms with E-state index in [-0.39, 0.29) is 12.4 Å². The summed E-state index contributed by atoms with van der Waals surface area (Å²) in [5, 5.41) is 4.20. The number of aromatic nitrogens is 4. The summed E-state index contributed by atoms with van der Waals surface area (Å²) in [7, 11) is 3.55. The molecule has 1 aromatic carbocycles. The highest BCUT2D eigenvalue weighted by Gasteiger charge is 2.08. The number of methoxy groups -OCH3 is 1. The molecule has 0 bridgehead atoms. The number of imidazole rings is 1. The van der Waals surface area contributed by atoms with Gasteiger partial charge in [0.15, 0.2) is 11.5 Å². The SMILES string of the molecule is COc1cc(C)ccc1OCCn1cncc1-c1cnn(C)c1.Cl. The van der Waals surface area contributed by atoms with E-state index in [1.807, 2.05) is 50.8 Å². The summed E-state index contributed by atoms with van der Waals surface area (Å²) in [5.74, 6) is 1.50. The van der Waals surface area contributed by atoms with Crippen molar-refractivity contribution in [2.75, 3.05) is 13.7 Å². The lowest BCUT2D eigenvalue weighted by atomic mass is 10.2. The van der Waals surface area contributed by atoms with Gasteiger partial charge in [0.05, 0.1) is 38.1 Å². The van der Waals surface area contributed by atoms with E-state index in [1.54, 1.807) is 18.1 Å². The Morgan fingerprint density at radius 3 is 2.71 bits per heavy atom. The molecule has 0 fully saturated rings. The summed E-state index contributed by atoms with van der Waals surface area (Å²) in [6, 6.07) is 5.91. The van der Waals surface area contributed by atoms with Gasteiger partial charge in [-0.15, -0.1) is 12.4 Å². The molecule has 0 saturated heterocycles. The van der Waals surface area contributed by atoms with Gasteiger partial charge in [0.2, 0.25) is 0 Å². The van der Waals surface area contributed by atoms with Gasteiger partial charge in [-0.05, 0) is 24.6 Å². The lowest BCUT2D eigenvalue weighted by Gasteiger charge is -2.12. The second-order valence-electron chi connectivity index (χ2n) is 5.38. The monoisotopic (exact) mass is 348 g/mol. The lowest BCUT2D eigenvalue weighted by Crippen LogP contribution is -2.09. The Labute approximate surface area is 147 Å². The molecule has 0 aliphatic rings. The molecule has 128 valence electrons. The number of ether oxygens (including phenoxy) is 2. The third-order valence-corrected chi connectivity index (χ3v) is 3.62. The van der Waals surface area contributed by atoms with Crippen molar-refractivity contribution in [1.82, 2.24) is 19.3 Å². The van der Waals surface area contributed by atoms with E-state index in [9.17, 15) is 0 Å². The van der Waals surface area contributed by atoms with Crippen LogP contribution >= 0.6 is 12.4 Å². The van der Waals surface area contributed by atoms with Crippen LogP contribution in [0.15, 0.2) is 43.1 Å². The Morgan fingerprint density at radius 1 is 1.17 bits per heavy atom. The van der Waals surface area contributed by atoms with Crippen LogP contribution in [0.2, 0.25) is 0 Å². The topological polar surface area (TPSA) is 54.1 Å². The Hall–Kier alpha value is -2.47. The van der Waals surface area contributed by atoms with Gasteiger partial charge in [-0.2, -0.15) is 5.10 Å². The zero-order valence-electron chi connectivity index (χ0n) is 14.0. The summed E-state index contributed by atoms with van der Waals surface area (Å²) in [4.78, 5) is 4.22. The van der Waals surface area contributed by atoms with Gasteiger partial charge in [0, 0.05) is 18.8 Å². The number of hydrogen-bond donors (Lipinski definition) is 0. The molecule has 0 aliphatic heterocycles. The second kappa shape index (κ2) is 7.88. The first-order valence-corrected chi connectivity index (χ1v) is 7.44. The molecule has 6 nitrogen and oxygen atoms in total. The molecule has 0 atom stereocenters. The fourth-order valence-corrected chi connectivity index (χ4v) is 2.44. The Balaban J connectivity index is 0.00000208. The maximum atomic E-state index is 5.86. The number of nitrogens with zero attached hydrogens (tertiary/aromatic N) is 4. The van der Waals surface area contributed by atoms with E-state index in [4.69, 9.17) is 9.47 Å². The zero-order valence-corrected chi connectivity index (χ0v) is 14.8. The smallest absolute Gasteiger partial charge is 0.161 e. The van der Waals surface area contributed by atoms with Gasteiger partial charge in [-0.25, -0.2) is 4.98 Å². The Bertz CT molecular complexity index is 797. The third kappa shape index (κ3) is 3.89. The van der Waals surface area contributed by atoms with E-state index in [1.165, 1.54) is 0 Å². The van der Waals surface area contributed by atoms with E-state index >= 15 is 0 Å². The van der Waals surface area contributed by atoms with E-state index in [0.717, 1.165) is 28.3 Å². The highest BCUT2D eigenvalue weighted by molar-refractivity contribution is 5.85. The van der Waals surface area contributed by atoms with Gasteiger partial charge in [0.25, 0.3) is 0 Å². The zero-order chi connectivity index (χ0) is 16.2. The maximum absolute atomic E-state index is 5.86. The van der Waals surface area contributed by atoms with Crippen molar-refractivity contribution in [2.45, 2.75) is 13.5 Å². The van der Waals surface area contributed by atoms with Crippen molar-refractivity contribution in [3.05, 3.63) is 48.7 Å². The number of benzene rings is 1.